The zero-order valence-electron chi connectivity index (χ0n) is 13.6. The van der Waals surface area contributed by atoms with Gasteiger partial charge in [0.2, 0.25) is 0 Å². The average molecular weight is 321 g/mol. The monoisotopic (exact) mass is 321 g/mol. The Kier molecular flexibility index (Phi) is 7.52. The molecule has 0 bridgehead atoms. The van der Waals surface area contributed by atoms with Gasteiger partial charge in [-0.2, -0.15) is 0 Å². The minimum absolute atomic E-state index is 0.446. The average Bonchev–Trinajstić information content (AvgIpc) is 2.65. The van der Waals surface area contributed by atoms with E-state index in [1.165, 1.54) is 15.9 Å². The van der Waals surface area contributed by atoms with Gasteiger partial charge in [0.15, 0.2) is 0 Å². The van der Waals surface area contributed by atoms with Gasteiger partial charge in [0.1, 0.15) is 0 Å². The molecule has 1 nitrogen and oxygen atoms in total. The van der Waals surface area contributed by atoms with Crippen molar-refractivity contribution in [3.8, 4) is 0 Å². The maximum Gasteiger partial charge on any atom is -0.00799 e. The summed E-state index contributed by atoms with van der Waals surface area (Å²) < 4.78 is 0. The van der Waals surface area contributed by atoms with Gasteiger partial charge in [-0.05, 0) is 36.8 Å². The molecule has 0 saturated carbocycles. The van der Waals surface area contributed by atoms with E-state index in [0.29, 0.717) is 0 Å². The summed E-state index contributed by atoms with van der Waals surface area (Å²) in [5.74, 6) is 0. The van der Waals surface area contributed by atoms with Gasteiger partial charge in [-0.1, -0.05) is 97.9 Å². The number of benzene rings is 3. The third-order valence-electron chi connectivity index (χ3n) is 3.33. The largest absolute Gasteiger partial charge is 0.330 e. The SMILES string of the molecule is CCCN.c1ccc(P(c2ccccc2)c2ccccc2)cc1. The second-order valence-corrected chi connectivity index (χ2v) is 7.35. The van der Waals surface area contributed by atoms with Crippen LogP contribution in [0.4, 0.5) is 0 Å². The lowest BCUT2D eigenvalue weighted by atomic mass is 10.4. The minimum atomic E-state index is -0.446. The maximum atomic E-state index is 5.03. The van der Waals surface area contributed by atoms with Crippen molar-refractivity contribution in [2.75, 3.05) is 6.54 Å². The summed E-state index contributed by atoms with van der Waals surface area (Å²) in [5, 5.41) is 4.19. The van der Waals surface area contributed by atoms with Crippen molar-refractivity contribution in [2.45, 2.75) is 13.3 Å². The van der Waals surface area contributed by atoms with Crippen LogP contribution in [0.5, 0.6) is 0 Å². The molecule has 0 saturated heterocycles. The molecule has 0 aliphatic carbocycles. The summed E-state index contributed by atoms with van der Waals surface area (Å²) in [7, 11) is -0.446. The molecule has 0 amide bonds. The summed E-state index contributed by atoms with van der Waals surface area (Å²) >= 11 is 0. The maximum absolute atomic E-state index is 5.03. The van der Waals surface area contributed by atoms with E-state index in [4.69, 9.17) is 5.73 Å². The molecule has 118 valence electrons. The molecular weight excluding hydrogens is 297 g/mol. The van der Waals surface area contributed by atoms with Crippen LogP contribution in [0.3, 0.4) is 0 Å². The van der Waals surface area contributed by atoms with Gasteiger partial charge in [0, 0.05) is 0 Å². The van der Waals surface area contributed by atoms with Crippen molar-refractivity contribution < 1.29 is 0 Å². The molecule has 0 heterocycles. The highest BCUT2D eigenvalue weighted by Gasteiger charge is 2.14. The molecule has 0 fully saturated rings. The van der Waals surface area contributed by atoms with Crippen LogP contribution in [0, 0.1) is 0 Å². The van der Waals surface area contributed by atoms with Crippen LogP contribution >= 0.6 is 7.92 Å². The van der Waals surface area contributed by atoms with Crippen LogP contribution in [-0.2, 0) is 0 Å². The smallest absolute Gasteiger partial charge is 0.00799 e. The highest BCUT2D eigenvalue weighted by molar-refractivity contribution is 7.79. The lowest BCUT2D eigenvalue weighted by molar-refractivity contribution is 0.932. The Bertz CT molecular complexity index is 557. The highest BCUT2D eigenvalue weighted by atomic mass is 31.1. The van der Waals surface area contributed by atoms with E-state index < -0.39 is 7.92 Å². The molecule has 2 N–H and O–H groups in total. The molecule has 23 heavy (non-hydrogen) atoms. The Morgan fingerprint density at radius 2 is 0.870 bits per heavy atom. The van der Waals surface area contributed by atoms with E-state index in [1.54, 1.807) is 0 Å². The number of nitrogens with two attached hydrogens (primary N) is 1. The van der Waals surface area contributed by atoms with E-state index >= 15 is 0 Å². The molecule has 3 rings (SSSR count). The Morgan fingerprint density at radius 1 is 0.609 bits per heavy atom. The fraction of sp³-hybridized carbons (Fsp3) is 0.143. The third kappa shape index (κ3) is 5.32. The second-order valence-electron chi connectivity index (χ2n) is 5.13. The number of hydrogen-bond donors (Lipinski definition) is 1. The summed E-state index contributed by atoms with van der Waals surface area (Å²) in [6.45, 7) is 2.88. The third-order valence-corrected chi connectivity index (χ3v) is 5.78. The highest BCUT2D eigenvalue weighted by Crippen LogP contribution is 2.32. The molecule has 0 unspecified atom stereocenters. The van der Waals surface area contributed by atoms with Gasteiger partial charge >= 0.3 is 0 Å². The lowest BCUT2D eigenvalue weighted by Gasteiger charge is -2.18. The topological polar surface area (TPSA) is 26.0 Å². The van der Waals surface area contributed by atoms with Crippen molar-refractivity contribution in [1.82, 2.24) is 0 Å². The Hall–Kier alpha value is -1.95. The van der Waals surface area contributed by atoms with Crippen LogP contribution in [0.2, 0.25) is 0 Å². The van der Waals surface area contributed by atoms with E-state index in [0.717, 1.165) is 13.0 Å². The van der Waals surface area contributed by atoms with E-state index in [9.17, 15) is 0 Å². The number of rotatable bonds is 4. The standard InChI is InChI=1S/C18H15P.C3H9N/c1-4-10-16(11-5-1)19(17-12-6-2-7-13-17)18-14-8-3-9-15-18;1-2-3-4/h1-15H;2-4H2,1H3. The lowest BCUT2D eigenvalue weighted by Crippen LogP contribution is -2.20. The quantitative estimate of drug-likeness (QED) is 0.727. The van der Waals surface area contributed by atoms with Crippen molar-refractivity contribution in [3.05, 3.63) is 91.0 Å². The van der Waals surface area contributed by atoms with Gasteiger partial charge in [-0.3, -0.25) is 0 Å². The first-order chi connectivity index (χ1) is 11.4. The van der Waals surface area contributed by atoms with Crippen molar-refractivity contribution in [1.29, 1.82) is 0 Å². The van der Waals surface area contributed by atoms with Crippen LogP contribution in [0.25, 0.3) is 0 Å². The zero-order valence-corrected chi connectivity index (χ0v) is 14.5. The molecule has 0 aromatic heterocycles. The van der Waals surface area contributed by atoms with Gasteiger partial charge in [0.05, 0.1) is 0 Å². The van der Waals surface area contributed by atoms with Gasteiger partial charge in [0.25, 0.3) is 0 Å². The Labute approximate surface area is 140 Å². The predicted octanol–water partition coefficient (Wildman–Crippen LogP) is 3.80. The molecule has 3 aromatic carbocycles. The van der Waals surface area contributed by atoms with Crippen molar-refractivity contribution in [3.63, 3.8) is 0 Å². The first-order valence-electron chi connectivity index (χ1n) is 8.02. The molecule has 0 atom stereocenters. The van der Waals surface area contributed by atoms with E-state index in [2.05, 4.69) is 97.9 Å². The van der Waals surface area contributed by atoms with Crippen LogP contribution in [0.1, 0.15) is 13.3 Å². The van der Waals surface area contributed by atoms with Crippen molar-refractivity contribution in [2.24, 2.45) is 5.73 Å². The van der Waals surface area contributed by atoms with Crippen LogP contribution in [0.15, 0.2) is 91.0 Å². The molecule has 2 heteroatoms. The summed E-state index contributed by atoms with van der Waals surface area (Å²) in [4.78, 5) is 0. The minimum Gasteiger partial charge on any atom is -0.330 e. The molecule has 3 aromatic rings. The Balaban J connectivity index is 0.000000433. The second kappa shape index (κ2) is 9.94. The van der Waals surface area contributed by atoms with Gasteiger partial charge in [-0.15, -0.1) is 0 Å². The molecule has 0 radical (unpaired) electrons. The Morgan fingerprint density at radius 3 is 1.09 bits per heavy atom. The fourth-order valence-electron chi connectivity index (χ4n) is 2.18. The van der Waals surface area contributed by atoms with Crippen LogP contribution < -0.4 is 21.6 Å². The molecule has 0 spiro atoms. The van der Waals surface area contributed by atoms with Crippen molar-refractivity contribution >= 4 is 23.8 Å². The molecule has 0 aliphatic rings. The summed E-state index contributed by atoms with van der Waals surface area (Å²) in [5.41, 5.74) is 5.03. The first kappa shape index (κ1) is 17.4. The predicted molar refractivity (Wildman–Crippen MR) is 104 cm³/mol. The van der Waals surface area contributed by atoms with E-state index in [1.807, 2.05) is 0 Å². The van der Waals surface area contributed by atoms with Gasteiger partial charge in [-0.25, -0.2) is 0 Å². The normalized spacial score (nSPS) is 10.0. The van der Waals surface area contributed by atoms with Crippen LogP contribution in [-0.4, -0.2) is 6.54 Å². The summed E-state index contributed by atoms with van der Waals surface area (Å²) in [6.07, 6.45) is 1.10. The molecular formula is C21H24NP. The van der Waals surface area contributed by atoms with E-state index in [-0.39, 0.29) is 0 Å². The van der Waals surface area contributed by atoms with Gasteiger partial charge < -0.3 is 5.73 Å². The fourth-order valence-corrected chi connectivity index (χ4v) is 4.48. The molecule has 0 aliphatic heterocycles. The zero-order chi connectivity index (χ0) is 16.3. The first-order valence-corrected chi connectivity index (χ1v) is 9.36. The number of hydrogen-bond acceptors (Lipinski definition) is 1. The summed E-state index contributed by atoms with van der Waals surface area (Å²) in [6, 6.07) is 32.3.